The Morgan fingerprint density at radius 2 is 2.10 bits per heavy atom. The maximum Gasteiger partial charge on any atom is 0.242 e. The van der Waals surface area contributed by atoms with Crippen LogP contribution in [0.2, 0.25) is 0 Å². The molecule has 0 saturated carbocycles. The van der Waals surface area contributed by atoms with Gasteiger partial charge < -0.3 is 16.0 Å². The van der Waals surface area contributed by atoms with Crippen LogP contribution in [0.1, 0.15) is 25.8 Å². The van der Waals surface area contributed by atoms with Crippen molar-refractivity contribution < 1.29 is 9.59 Å². The van der Waals surface area contributed by atoms with Crippen LogP contribution in [0, 0.1) is 0 Å². The van der Waals surface area contributed by atoms with Crippen molar-refractivity contribution in [3.8, 4) is 0 Å². The standard InChI is InChI=1S/C15H21N3O2/c1-10(2)17-14(19)7-8-16-15(20)13-9-11-5-3-4-6-12(11)18-13/h3-6,10,13,18H,7-9H2,1-2H3,(H,16,20)(H,17,19)/t13-/m0/s1. The minimum Gasteiger partial charge on any atom is -0.373 e. The fourth-order valence-corrected chi connectivity index (χ4v) is 2.27. The Bertz CT molecular complexity index is 475. The first kappa shape index (κ1) is 14.4. The number of hydrogen-bond donors (Lipinski definition) is 3. The van der Waals surface area contributed by atoms with Crippen LogP contribution >= 0.6 is 0 Å². The Kier molecular flexibility index (Phi) is 4.61. The van der Waals surface area contributed by atoms with Gasteiger partial charge in [-0.15, -0.1) is 0 Å². The molecule has 1 heterocycles. The maximum absolute atomic E-state index is 12.0. The summed E-state index contributed by atoms with van der Waals surface area (Å²) in [6.45, 7) is 4.19. The third-order valence-corrected chi connectivity index (χ3v) is 3.19. The molecule has 5 nitrogen and oxygen atoms in total. The molecule has 0 unspecified atom stereocenters. The number of carbonyl (C=O) groups is 2. The Morgan fingerprint density at radius 3 is 2.80 bits per heavy atom. The summed E-state index contributed by atoms with van der Waals surface area (Å²) >= 11 is 0. The molecule has 5 heteroatoms. The summed E-state index contributed by atoms with van der Waals surface area (Å²) in [5, 5.41) is 8.79. The first-order valence-corrected chi connectivity index (χ1v) is 6.98. The van der Waals surface area contributed by atoms with E-state index in [1.165, 1.54) is 0 Å². The smallest absolute Gasteiger partial charge is 0.242 e. The third kappa shape index (κ3) is 3.73. The summed E-state index contributed by atoms with van der Waals surface area (Å²) in [6, 6.07) is 7.80. The number of hydrogen-bond acceptors (Lipinski definition) is 3. The molecule has 3 N–H and O–H groups in total. The summed E-state index contributed by atoms with van der Waals surface area (Å²) in [5.74, 6) is -0.0958. The van der Waals surface area contributed by atoms with E-state index >= 15 is 0 Å². The predicted octanol–water partition coefficient (Wildman–Crippen LogP) is 1.05. The van der Waals surface area contributed by atoms with Gasteiger partial charge in [0, 0.05) is 31.1 Å². The summed E-state index contributed by atoms with van der Waals surface area (Å²) in [4.78, 5) is 23.5. The fraction of sp³-hybridized carbons (Fsp3) is 0.467. The van der Waals surface area contributed by atoms with Crippen LogP contribution in [-0.2, 0) is 16.0 Å². The highest BCUT2D eigenvalue weighted by Crippen LogP contribution is 2.24. The summed E-state index contributed by atoms with van der Waals surface area (Å²) in [6.07, 6.45) is 1.00. The van der Waals surface area contributed by atoms with Gasteiger partial charge in [-0.05, 0) is 25.5 Å². The van der Waals surface area contributed by atoms with E-state index in [2.05, 4.69) is 16.0 Å². The predicted molar refractivity (Wildman–Crippen MR) is 78.5 cm³/mol. The van der Waals surface area contributed by atoms with E-state index in [1.807, 2.05) is 38.1 Å². The molecule has 20 heavy (non-hydrogen) atoms. The molecule has 0 radical (unpaired) electrons. The molecule has 1 aliphatic rings. The van der Waals surface area contributed by atoms with E-state index in [9.17, 15) is 9.59 Å². The van der Waals surface area contributed by atoms with Crippen molar-refractivity contribution in [2.45, 2.75) is 38.8 Å². The van der Waals surface area contributed by atoms with E-state index in [-0.39, 0.29) is 23.9 Å². The van der Waals surface area contributed by atoms with E-state index in [1.54, 1.807) is 0 Å². The van der Waals surface area contributed by atoms with Crippen molar-refractivity contribution in [1.29, 1.82) is 0 Å². The molecule has 1 aliphatic heterocycles. The SMILES string of the molecule is CC(C)NC(=O)CCNC(=O)[C@@H]1Cc2ccccc2N1. The lowest BCUT2D eigenvalue weighted by atomic mass is 10.1. The van der Waals surface area contributed by atoms with Gasteiger partial charge in [-0.3, -0.25) is 9.59 Å². The molecular weight excluding hydrogens is 254 g/mol. The molecular formula is C15H21N3O2. The van der Waals surface area contributed by atoms with Gasteiger partial charge in [-0.2, -0.15) is 0 Å². The average molecular weight is 275 g/mol. The lowest BCUT2D eigenvalue weighted by Gasteiger charge is -2.12. The molecule has 2 rings (SSSR count). The van der Waals surface area contributed by atoms with Crippen LogP contribution in [0.4, 0.5) is 5.69 Å². The zero-order valence-electron chi connectivity index (χ0n) is 11.9. The number of carbonyl (C=O) groups excluding carboxylic acids is 2. The van der Waals surface area contributed by atoms with Gasteiger partial charge in [0.25, 0.3) is 0 Å². The van der Waals surface area contributed by atoms with Gasteiger partial charge >= 0.3 is 0 Å². The summed E-state index contributed by atoms with van der Waals surface area (Å²) < 4.78 is 0. The molecule has 1 atom stereocenters. The second kappa shape index (κ2) is 6.41. The van der Waals surface area contributed by atoms with Gasteiger partial charge in [-0.1, -0.05) is 18.2 Å². The fourth-order valence-electron chi connectivity index (χ4n) is 2.27. The molecule has 2 amide bonds. The monoisotopic (exact) mass is 275 g/mol. The normalized spacial score (nSPS) is 16.4. The molecule has 0 aliphatic carbocycles. The first-order chi connectivity index (χ1) is 9.56. The highest BCUT2D eigenvalue weighted by Gasteiger charge is 2.25. The summed E-state index contributed by atoms with van der Waals surface area (Å²) in [5.41, 5.74) is 2.18. The number of amides is 2. The number of benzene rings is 1. The molecule has 1 aromatic carbocycles. The molecule has 1 aromatic rings. The number of rotatable bonds is 5. The highest BCUT2D eigenvalue weighted by molar-refractivity contribution is 5.87. The van der Waals surface area contributed by atoms with Crippen molar-refractivity contribution >= 4 is 17.5 Å². The lowest BCUT2D eigenvalue weighted by Crippen LogP contribution is -2.40. The van der Waals surface area contributed by atoms with Crippen LogP contribution < -0.4 is 16.0 Å². The molecule has 0 bridgehead atoms. The van der Waals surface area contributed by atoms with Crippen LogP contribution in [-0.4, -0.2) is 30.4 Å². The second-order valence-corrected chi connectivity index (χ2v) is 5.32. The number of fused-ring (bicyclic) bond motifs is 1. The van der Waals surface area contributed by atoms with Gasteiger partial charge in [0.05, 0.1) is 0 Å². The van der Waals surface area contributed by atoms with Gasteiger partial charge in [0.2, 0.25) is 11.8 Å². The summed E-state index contributed by atoms with van der Waals surface area (Å²) in [7, 11) is 0. The van der Waals surface area contributed by atoms with Crippen molar-refractivity contribution in [2.75, 3.05) is 11.9 Å². The van der Waals surface area contributed by atoms with Crippen LogP contribution in [0.3, 0.4) is 0 Å². The largest absolute Gasteiger partial charge is 0.373 e. The van der Waals surface area contributed by atoms with Crippen molar-refractivity contribution in [3.05, 3.63) is 29.8 Å². The number of nitrogens with one attached hydrogen (secondary N) is 3. The van der Waals surface area contributed by atoms with E-state index in [0.29, 0.717) is 19.4 Å². The van der Waals surface area contributed by atoms with Crippen LogP contribution in [0.15, 0.2) is 24.3 Å². The maximum atomic E-state index is 12.0. The molecule has 0 spiro atoms. The van der Waals surface area contributed by atoms with Crippen LogP contribution in [0.5, 0.6) is 0 Å². The zero-order valence-corrected chi connectivity index (χ0v) is 11.9. The molecule has 108 valence electrons. The molecule has 0 saturated heterocycles. The second-order valence-electron chi connectivity index (χ2n) is 5.32. The minimum atomic E-state index is -0.236. The Hall–Kier alpha value is -2.04. The van der Waals surface area contributed by atoms with E-state index in [4.69, 9.17) is 0 Å². The Balaban J connectivity index is 1.73. The Labute approximate surface area is 119 Å². The highest BCUT2D eigenvalue weighted by atomic mass is 16.2. The molecule has 0 fully saturated rings. The van der Waals surface area contributed by atoms with Crippen molar-refractivity contribution in [3.63, 3.8) is 0 Å². The molecule has 0 aromatic heterocycles. The van der Waals surface area contributed by atoms with E-state index in [0.717, 1.165) is 11.3 Å². The first-order valence-electron chi connectivity index (χ1n) is 6.98. The van der Waals surface area contributed by atoms with Crippen LogP contribution in [0.25, 0.3) is 0 Å². The lowest BCUT2D eigenvalue weighted by molar-refractivity contribution is -0.122. The third-order valence-electron chi connectivity index (χ3n) is 3.19. The minimum absolute atomic E-state index is 0.0389. The van der Waals surface area contributed by atoms with Gasteiger partial charge in [0.15, 0.2) is 0 Å². The van der Waals surface area contributed by atoms with Gasteiger partial charge in [-0.25, -0.2) is 0 Å². The number of para-hydroxylation sites is 1. The van der Waals surface area contributed by atoms with Crippen molar-refractivity contribution in [2.24, 2.45) is 0 Å². The Morgan fingerprint density at radius 1 is 1.35 bits per heavy atom. The average Bonchev–Trinajstić information content (AvgIpc) is 2.81. The van der Waals surface area contributed by atoms with Gasteiger partial charge in [0.1, 0.15) is 6.04 Å². The quantitative estimate of drug-likeness (QED) is 0.752. The number of anilines is 1. The van der Waals surface area contributed by atoms with Crippen molar-refractivity contribution in [1.82, 2.24) is 10.6 Å². The zero-order chi connectivity index (χ0) is 14.5. The van der Waals surface area contributed by atoms with E-state index < -0.39 is 0 Å². The topological polar surface area (TPSA) is 70.2 Å².